The summed E-state index contributed by atoms with van der Waals surface area (Å²) < 4.78 is 27.5. The van der Waals surface area contributed by atoms with E-state index < -0.39 is 10.0 Å². The van der Waals surface area contributed by atoms with E-state index in [1.165, 1.54) is 16.6 Å². The maximum Gasteiger partial charge on any atom is 0.251 e. The van der Waals surface area contributed by atoms with Gasteiger partial charge in [0.1, 0.15) is 4.90 Å². The van der Waals surface area contributed by atoms with Gasteiger partial charge >= 0.3 is 0 Å². The first-order valence-corrected chi connectivity index (χ1v) is 12.9. The van der Waals surface area contributed by atoms with Crippen LogP contribution in [0.15, 0.2) is 66.0 Å². The lowest BCUT2D eigenvalue weighted by Crippen LogP contribution is -2.47. The fraction of sp³-hybridized carbons (Fsp3) is 0.240. The summed E-state index contributed by atoms with van der Waals surface area (Å²) in [6.45, 7) is 2.53. The van der Waals surface area contributed by atoms with E-state index in [-0.39, 0.29) is 29.1 Å². The number of halogens is 1. The van der Waals surface area contributed by atoms with E-state index in [1.54, 1.807) is 42.7 Å². The number of amides is 1. The Hall–Kier alpha value is -3.51. The van der Waals surface area contributed by atoms with Crippen LogP contribution in [0.1, 0.15) is 15.9 Å². The van der Waals surface area contributed by atoms with Gasteiger partial charge in [-0.3, -0.25) is 14.8 Å². The largest absolute Gasteiger partial charge is 0.494 e. The second-order valence-electron chi connectivity index (χ2n) is 8.74. The van der Waals surface area contributed by atoms with Crippen molar-refractivity contribution in [2.45, 2.75) is 11.4 Å². The van der Waals surface area contributed by atoms with Crippen molar-refractivity contribution >= 4 is 39.2 Å². The Morgan fingerprint density at radius 1 is 1.11 bits per heavy atom. The highest BCUT2D eigenvalue weighted by molar-refractivity contribution is 7.89. The molecule has 0 saturated carbocycles. The van der Waals surface area contributed by atoms with Gasteiger partial charge in [-0.1, -0.05) is 6.07 Å². The number of carbonyl (C=O) groups excluding carboxylic acids is 1. The molecule has 0 radical (unpaired) electrons. The van der Waals surface area contributed by atoms with Crippen LogP contribution in [0.5, 0.6) is 5.88 Å². The predicted molar refractivity (Wildman–Crippen MR) is 142 cm³/mol. The molecule has 0 spiro atoms. The first-order valence-electron chi connectivity index (χ1n) is 11.5. The molecule has 1 fully saturated rings. The summed E-state index contributed by atoms with van der Waals surface area (Å²) in [4.78, 5) is 26.2. The third-order valence-electron chi connectivity index (χ3n) is 6.31. The molecule has 0 unspecified atom stereocenters. The van der Waals surface area contributed by atoms with Gasteiger partial charge in [-0.05, 0) is 49.0 Å². The summed E-state index contributed by atoms with van der Waals surface area (Å²) in [6.07, 6.45) is 4.66. The number of aromatic nitrogens is 3. The van der Waals surface area contributed by atoms with Gasteiger partial charge in [-0.25, -0.2) is 8.42 Å². The lowest BCUT2D eigenvalue weighted by molar-refractivity contribution is 0.0951. The molecule has 1 aliphatic heterocycles. The summed E-state index contributed by atoms with van der Waals surface area (Å²) in [7, 11) is -1.69. The van der Waals surface area contributed by atoms with Crippen molar-refractivity contribution in [2.75, 3.05) is 33.2 Å². The van der Waals surface area contributed by atoms with Gasteiger partial charge in [0.25, 0.3) is 5.91 Å². The molecule has 3 N–H and O–H groups in total. The predicted octanol–water partition coefficient (Wildman–Crippen LogP) is 2.62. The monoisotopic (exact) mass is 542 g/mol. The smallest absolute Gasteiger partial charge is 0.251 e. The van der Waals surface area contributed by atoms with Crippen LogP contribution in [0.25, 0.3) is 22.2 Å². The Labute approximate surface area is 220 Å². The molecule has 1 aromatic carbocycles. The van der Waals surface area contributed by atoms with Crippen LogP contribution in [-0.4, -0.2) is 76.8 Å². The van der Waals surface area contributed by atoms with Crippen molar-refractivity contribution in [2.24, 2.45) is 0 Å². The van der Waals surface area contributed by atoms with E-state index in [4.69, 9.17) is 0 Å². The summed E-state index contributed by atoms with van der Waals surface area (Å²) >= 11 is 0. The van der Waals surface area contributed by atoms with E-state index in [0.717, 1.165) is 5.56 Å². The van der Waals surface area contributed by atoms with Crippen molar-refractivity contribution in [3.8, 4) is 17.1 Å². The zero-order valence-corrected chi connectivity index (χ0v) is 21.7. The molecule has 37 heavy (non-hydrogen) atoms. The molecule has 10 nitrogen and oxygen atoms in total. The van der Waals surface area contributed by atoms with Crippen LogP contribution in [0.3, 0.4) is 0 Å². The molecule has 3 aromatic heterocycles. The SMILES string of the molecule is CN1CCN(S(=O)(=O)c2ccc(-c3c(O)[nH]c4ccc(C(=O)NCc5cccnc5)cc34)nc2)CC1.Cl. The Balaban J connectivity index is 0.00000320. The third-order valence-corrected chi connectivity index (χ3v) is 8.19. The van der Waals surface area contributed by atoms with Crippen LogP contribution in [-0.2, 0) is 16.6 Å². The number of aromatic amines is 1. The molecule has 5 rings (SSSR count). The number of fused-ring (bicyclic) bond motifs is 1. The van der Waals surface area contributed by atoms with E-state index in [2.05, 4.69) is 25.2 Å². The van der Waals surface area contributed by atoms with Gasteiger partial charge in [0.15, 0.2) is 5.88 Å². The van der Waals surface area contributed by atoms with Crippen LogP contribution in [0.4, 0.5) is 0 Å². The maximum absolute atomic E-state index is 13.0. The topological polar surface area (TPSA) is 132 Å². The number of likely N-dealkylation sites (N-methyl/N-ethyl adjacent to an activating group) is 1. The van der Waals surface area contributed by atoms with Crippen molar-refractivity contribution in [1.29, 1.82) is 0 Å². The van der Waals surface area contributed by atoms with E-state index in [1.807, 2.05) is 13.1 Å². The second-order valence-corrected chi connectivity index (χ2v) is 10.7. The molecular weight excluding hydrogens is 516 g/mol. The summed E-state index contributed by atoms with van der Waals surface area (Å²) in [5.74, 6) is -0.380. The Morgan fingerprint density at radius 2 is 1.89 bits per heavy atom. The minimum absolute atomic E-state index is 0. The van der Waals surface area contributed by atoms with Gasteiger partial charge < -0.3 is 20.3 Å². The third kappa shape index (κ3) is 5.44. The molecule has 194 valence electrons. The van der Waals surface area contributed by atoms with Crippen molar-refractivity contribution in [3.05, 3.63) is 72.2 Å². The number of benzene rings is 1. The number of sulfonamides is 1. The first kappa shape index (κ1) is 26.6. The van der Waals surface area contributed by atoms with E-state index in [9.17, 15) is 18.3 Å². The Morgan fingerprint density at radius 3 is 2.57 bits per heavy atom. The highest BCUT2D eigenvalue weighted by Gasteiger charge is 2.28. The molecule has 0 atom stereocenters. The molecular formula is C25H27ClN6O4S. The van der Waals surface area contributed by atoms with Crippen molar-refractivity contribution in [1.82, 2.24) is 29.5 Å². The van der Waals surface area contributed by atoms with E-state index >= 15 is 0 Å². The number of piperazine rings is 1. The fourth-order valence-corrected chi connectivity index (χ4v) is 5.59. The van der Waals surface area contributed by atoms with Gasteiger partial charge in [0.2, 0.25) is 10.0 Å². The second kappa shape index (κ2) is 10.9. The average molecular weight is 543 g/mol. The van der Waals surface area contributed by atoms with Crippen LogP contribution < -0.4 is 5.32 Å². The number of hydrogen-bond donors (Lipinski definition) is 3. The van der Waals surface area contributed by atoms with Crippen molar-refractivity contribution in [3.63, 3.8) is 0 Å². The molecule has 12 heteroatoms. The zero-order valence-electron chi connectivity index (χ0n) is 20.1. The number of nitrogens with zero attached hydrogens (tertiary/aromatic N) is 4. The van der Waals surface area contributed by atoms with Crippen LogP contribution in [0.2, 0.25) is 0 Å². The Kier molecular flexibility index (Phi) is 7.79. The fourth-order valence-electron chi connectivity index (χ4n) is 4.22. The number of hydrogen-bond acceptors (Lipinski definition) is 7. The molecule has 0 aliphatic carbocycles. The average Bonchev–Trinajstić information content (AvgIpc) is 3.23. The number of H-pyrrole nitrogens is 1. The minimum Gasteiger partial charge on any atom is -0.494 e. The normalized spacial score (nSPS) is 14.8. The highest BCUT2D eigenvalue weighted by Crippen LogP contribution is 2.36. The van der Waals surface area contributed by atoms with Gasteiger partial charge in [-0.2, -0.15) is 4.31 Å². The maximum atomic E-state index is 13.0. The lowest BCUT2D eigenvalue weighted by atomic mass is 10.1. The quantitative estimate of drug-likeness (QED) is 0.341. The number of aromatic hydroxyl groups is 1. The molecule has 1 saturated heterocycles. The van der Waals surface area contributed by atoms with Crippen molar-refractivity contribution < 1.29 is 18.3 Å². The molecule has 1 aliphatic rings. The van der Waals surface area contributed by atoms with E-state index in [0.29, 0.717) is 60.4 Å². The number of nitrogens with one attached hydrogen (secondary N) is 2. The minimum atomic E-state index is -3.65. The summed E-state index contributed by atoms with van der Waals surface area (Å²) in [6, 6.07) is 11.8. The molecule has 4 heterocycles. The molecule has 0 bridgehead atoms. The van der Waals surface area contributed by atoms with Gasteiger partial charge in [0.05, 0.1) is 11.3 Å². The standard InChI is InChI=1S/C25H26N6O4S.ClH/c1-30-9-11-31(12-10-30)36(34,35)19-5-7-22(27-16-19)23-20-13-18(4-6-21(20)29-25(23)33)24(32)28-15-17-3-2-8-26-14-17;/h2-8,13-14,16,29,33H,9-12,15H2,1H3,(H,28,32);1H. The van der Waals surface area contributed by atoms with Crippen LogP contribution in [0, 0.1) is 0 Å². The van der Waals surface area contributed by atoms with Crippen LogP contribution >= 0.6 is 12.4 Å². The number of rotatable bonds is 6. The summed E-state index contributed by atoms with van der Waals surface area (Å²) in [5, 5.41) is 14.1. The Bertz CT molecular complexity index is 1500. The zero-order chi connectivity index (χ0) is 25.3. The number of carbonyl (C=O) groups is 1. The summed E-state index contributed by atoms with van der Waals surface area (Å²) in [5.41, 5.74) is 2.71. The first-order chi connectivity index (χ1) is 17.3. The number of pyridine rings is 2. The molecule has 4 aromatic rings. The van der Waals surface area contributed by atoms with Gasteiger partial charge in [-0.15, -0.1) is 12.4 Å². The van der Waals surface area contributed by atoms with Gasteiger partial charge in [0, 0.05) is 67.8 Å². The highest BCUT2D eigenvalue weighted by atomic mass is 35.5. The lowest BCUT2D eigenvalue weighted by Gasteiger charge is -2.31. The molecule has 1 amide bonds.